The minimum Gasteiger partial charge on any atom is -0.393 e. The highest BCUT2D eigenvalue weighted by Gasteiger charge is 1.89. The molecule has 0 unspecified atom stereocenters. The second kappa shape index (κ2) is 3.66. The van der Waals surface area contributed by atoms with E-state index in [0.29, 0.717) is 0 Å². The summed E-state index contributed by atoms with van der Waals surface area (Å²) in [5.41, 5.74) is 0. The zero-order valence-electron chi connectivity index (χ0n) is 4.18. The summed E-state index contributed by atoms with van der Waals surface area (Å²) in [7, 11) is 0. The van der Waals surface area contributed by atoms with Crippen molar-refractivity contribution in [2.75, 3.05) is 6.61 Å². The van der Waals surface area contributed by atoms with Crippen LogP contribution in [0.4, 0.5) is 0 Å². The topological polar surface area (TPSA) is 40.5 Å². The highest BCUT2D eigenvalue weighted by Crippen LogP contribution is 1.72. The van der Waals surface area contributed by atoms with Crippen LogP contribution in [-0.2, 0) is 0 Å². The highest BCUT2D eigenvalue weighted by molar-refractivity contribution is 5.01. The maximum absolute atomic E-state index is 8.43. The van der Waals surface area contributed by atoms with Gasteiger partial charge in [-0.15, -0.1) is 5.92 Å². The van der Waals surface area contributed by atoms with Gasteiger partial charge in [0.1, 0.15) is 6.10 Å². The minimum atomic E-state index is -0.856. The van der Waals surface area contributed by atoms with Crippen LogP contribution in [0, 0.1) is 11.8 Å². The number of rotatable bonds is 1. The van der Waals surface area contributed by atoms with Crippen LogP contribution in [0.15, 0.2) is 0 Å². The fourth-order valence-electron chi connectivity index (χ4n) is 0.212. The predicted molar refractivity (Wildman–Crippen MR) is 26.5 cm³/mol. The van der Waals surface area contributed by atoms with Crippen LogP contribution in [-0.4, -0.2) is 22.9 Å². The SMILES string of the molecule is CC#C[C@H](O)CO. The van der Waals surface area contributed by atoms with Crippen LogP contribution < -0.4 is 0 Å². The van der Waals surface area contributed by atoms with Gasteiger partial charge in [0.25, 0.3) is 0 Å². The molecule has 0 aliphatic carbocycles. The Bertz CT molecular complexity index is 88.0. The molecule has 40 valence electrons. The number of hydrogen-bond donors (Lipinski definition) is 2. The van der Waals surface area contributed by atoms with E-state index in [1.54, 1.807) is 6.92 Å². The van der Waals surface area contributed by atoms with Crippen molar-refractivity contribution in [3.05, 3.63) is 0 Å². The van der Waals surface area contributed by atoms with Gasteiger partial charge in [-0.25, -0.2) is 0 Å². The molecule has 0 aromatic rings. The van der Waals surface area contributed by atoms with Crippen molar-refractivity contribution in [1.29, 1.82) is 0 Å². The molecule has 0 saturated heterocycles. The highest BCUT2D eigenvalue weighted by atomic mass is 16.3. The van der Waals surface area contributed by atoms with Crippen molar-refractivity contribution in [3.8, 4) is 11.8 Å². The molecule has 1 atom stereocenters. The molecule has 0 spiro atoms. The van der Waals surface area contributed by atoms with Gasteiger partial charge in [0.15, 0.2) is 0 Å². The molecule has 0 radical (unpaired) electrons. The molecule has 0 amide bonds. The Hall–Kier alpha value is -0.520. The fraction of sp³-hybridized carbons (Fsp3) is 0.600. The Morgan fingerprint density at radius 3 is 2.43 bits per heavy atom. The van der Waals surface area contributed by atoms with Gasteiger partial charge >= 0.3 is 0 Å². The first-order valence-corrected chi connectivity index (χ1v) is 2.02. The Morgan fingerprint density at radius 2 is 2.29 bits per heavy atom. The molecular weight excluding hydrogens is 92.1 g/mol. The van der Waals surface area contributed by atoms with Crippen molar-refractivity contribution < 1.29 is 10.2 Å². The smallest absolute Gasteiger partial charge is 0.137 e. The van der Waals surface area contributed by atoms with Gasteiger partial charge in [0, 0.05) is 0 Å². The molecule has 0 aliphatic rings. The van der Waals surface area contributed by atoms with E-state index in [0.717, 1.165) is 0 Å². The van der Waals surface area contributed by atoms with E-state index in [1.165, 1.54) is 0 Å². The fourth-order valence-corrected chi connectivity index (χ4v) is 0.212. The molecule has 0 heterocycles. The summed E-state index contributed by atoms with van der Waals surface area (Å²) < 4.78 is 0. The van der Waals surface area contributed by atoms with E-state index < -0.39 is 6.10 Å². The van der Waals surface area contributed by atoms with E-state index in [9.17, 15) is 0 Å². The summed E-state index contributed by atoms with van der Waals surface area (Å²) in [5.74, 6) is 4.81. The average Bonchev–Trinajstić information content (AvgIpc) is 1.68. The standard InChI is InChI=1S/C5H8O2/c1-2-3-5(7)4-6/h5-7H,4H2,1H3/t5-/m0/s1. The molecule has 2 N–H and O–H groups in total. The first-order valence-electron chi connectivity index (χ1n) is 2.02. The second-order valence-corrected chi connectivity index (χ2v) is 1.09. The summed E-state index contributed by atoms with van der Waals surface area (Å²) in [6.45, 7) is 1.33. The van der Waals surface area contributed by atoms with Crippen LogP contribution in [0.3, 0.4) is 0 Å². The number of aliphatic hydroxyl groups excluding tert-OH is 2. The molecule has 2 heteroatoms. The van der Waals surface area contributed by atoms with Crippen LogP contribution in [0.1, 0.15) is 6.92 Å². The van der Waals surface area contributed by atoms with Crippen LogP contribution in [0.5, 0.6) is 0 Å². The molecule has 0 fully saturated rings. The lowest BCUT2D eigenvalue weighted by Gasteiger charge is -1.91. The summed E-state index contributed by atoms with van der Waals surface area (Å²) >= 11 is 0. The monoisotopic (exact) mass is 100 g/mol. The zero-order chi connectivity index (χ0) is 5.70. The summed E-state index contributed by atoms with van der Waals surface area (Å²) in [6, 6.07) is 0. The minimum absolute atomic E-state index is 0.277. The Labute approximate surface area is 42.8 Å². The molecule has 0 aromatic carbocycles. The first kappa shape index (κ1) is 6.48. The van der Waals surface area contributed by atoms with Gasteiger partial charge in [-0.3, -0.25) is 0 Å². The lowest BCUT2D eigenvalue weighted by Crippen LogP contribution is -2.07. The third-order valence-corrected chi connectivity index (χ3v) is 0.484. The Balaban J connectivity index is 3.29. The van der Waals surface area contributed by atoms with Gasteiger partial charge in [-0.05, 0) is 6.92 Å². The third-order valence-electron chi connectivity index (χ3n) is 0.484. The average molecular weight is 100 g/mol. The summed E-state index contributed by atoms with van der Waals surface area (Å²) in [6.07, 6.45) is -0.856. The lowest BCUT2D eigenvalue weighted by molar-refractivity contribution is 0.138. The lowest BCUT2D eigenvalue weighted by atomic mass is 10.4. The molecule has 0 rings (SSSR count). The van der Waals surface area contributed by atoms with Crippen molar-refractivity contribution in [3.63, 3.8) is 0 Å². The van der Waals surface area contributed by atoms with E-state index >= 15 is 0 Å². The van der Waals surface area contributed by atoms with E-state index in [4.69, 9.17) is 10.2 Å². The van der Waals surface area contributed by atoms with Gasteiger partial charge in [-0.2, -0.15) is 0 Å². The zero-order valence-corrected chi connectivity index (χ0v) is 4.18. The van der Waals surface area contributed by atoms with Crippen molar-refractivity contribution in [2.45, 2.75) is 13.0 Å². The molecule has 2 nitrogen and oxygen atoms in total. The van der Waals surface area contributed by atoms with Crippen molar-refractivity contribution in [1.82, 2.24) is 0 Å². The molecule has 0 aliphatic heterocycles. The van der Waals surface area contributed by atoms with Crippen LogP contribution >= 0.6 is 0 Å². The largest absolute Gasteiger partial charge is 0.393 e. The van der Waals surface area contributed by atoms with Crippen LogP contribution in [0.25, 0.3) is 0 Å². The maximum atomic E-state index is 8.43. The quantitative estimate of drug-likeness (QED) is 0.430. The van der Waals surface area contributed by atoms with Crippen molar-refractivity contribution in [2.24, 2.45) is 0 Å². The van der Waals surface area contributed by atoms with Gasteiger partial charge < -0.3 is 10.2 Å². The van der Waals surface area contributed by atoms with E-state index in [2.05, 4.69) is 11.8 Å². The predicted octanol–water partition coefficient (Wildman–Crippen LogP) is -0.637. The summed E-state index contributed by atoms with van der Waals surface area (Å²) in [5, 5.41) is 16.5. The van der Waals surface area contributed by atoms with Crippen molar-refractivity contribution >= 4 is 0 Å². The molecule has 0 bridgehead atoms. The Kier molecular flexibility index (Phi) is 3.39. The summed E-state index contributed by atoms with van der Waals surface area (Å²) in [4.78, 5) is 0. The second-order valence-electron chi connectivity index (χ2n) is 1.09. The van der Waals surface area contributed by atoms with Gasteiger partial charge in [0.2, 0.25) is 0 Å². The van der Waals surface area contributed by atoms with Crippen LogP contribution in [0.2, 0.25) is 0 Å². The van der Waals surface area contributed by atoms with Gasteiger partial charge in [0.05, 0.1) is 6.61 Å². The first-order chi connectivity index (χ1) is 3.31. The van der Waals surface area contributed by atoms with E-state index in [-0.39, 0.29) is 6.61 Å². The van der Waals surface area contributed by atoms with Gasteiger partial charge in [-0.1, -0.05) is 5.92 Å². The maximum Gasteiger partial charge on any atom is 0.137 e. The van der Waals surface area contributed by atoms with E-state index in [1.807, 2.05) is 0 Å². The molecule has 7 heavy (non-hydrogen) atoms. The number of hydrogen-bond acceptors (Lipinski definition) is 2. The normalized spacial score (nSPS) is 11.9. The molecule has 0 saturated carbocycles. The third kappa shape index (κ3) is 3.31. The Morgan fingerprint density at radius 1 is 1.71 bits per heavy atom. The molecule has 0 aromatic heterocycles. The molecular formula is C5H8O2. The number of aliphatic hydroxyl groups is 2.